The van der Waals surface area contributed by atoms with E-state index in [0.717, 1.165) is 16.5 Å². The summed E-state index contributed by atoms with van der Waals surface area (Å²) in [4.78, 5) is 35.6. The zero-order valence-electron chi connectivity index (χ0n) is 17.5. The molecule has 0 aliphatic heterocycles. The molecule has 0 saturated heterocycles. The van der Waals surface area contributed by atoms with Gasteiger partial charge in [-0.3, -0.25) is 4.79 Å². The normalized spacial score (nSPS) is 11.4. The Kier molecular flexibility index (Phi) is 6.71. The summed E-state index contributed by atoms with van der Waals surface area (Å²) in [5.74, 6) is -0.824. The van der Waals surface area contributed by atoms with Crippen molar-refractivity contribution in [1.82, 2.24) is 0 Å². The average Bonchev–Trinajstić information content (AvgIpc) is 2.76. The van der Waals surface area contributed by atoms with Crippen LogP contribution in [0, 0.1) is 18.3 Å². The van der Waals surface area contributed by atoms with Crippen LogP contribution in [0.25, 0.3) is 11.0 Å². The second kappa shape index (κ2) is 9.62. The van der Waals surface area contributed by atoms with E-state index in [4.69, 9.17) is 24.9 Å². The molecule has 0 amide bonds. The van der Waals surface area contributed by atoms with Crippen LogP contribution in [0.5, 0.6) is 5.75 Å². The summed E-state index contributed by atoms with van der Waals surface area (Å²) in [5.41, 5.74) is 7.18. The first kappa shape index (κ1) is 22.3. The van der Waals surface area contributed by atoms with Crippen LogP contribution in [-0.4, -0.2) is 18.4 Å². The highest BCUT2D eigenvalue weighted by Gasteiger charge is 2.15. The summed E-state index contributed by atoms with van der Waals surface area (Å²) in [7, 11) is 0. The number of rotatable bonds is 7. The van der Waals surface area contributed by atoms with Gasteiger partial charge in [-0.2, -0.15) is 5.26 Å². The smallest absolute Gasteiger partial charge is 0.338 e. The highest BCUT2D eigenvalue weighted by molar-refractivity contribution is 6.02. The maximum absolute atomic E-state index is 12.1. The Labute approximate surface area is 183 Å². The van der Waals surface area contributed by atoms with Crippen LogP contribution in [0.3, 0.4) is 0 Å². The average molecular weight is 432 g/mol. The molecule has 0 fully saturated rings. The van der Waals surface area contributed by atoms with Gasteiger partial charge in [0.2, 0.25) is 5.78 Å². The maximum Gasteiger partial charge on any atom is 0.338 e. The number of esters is 1. The Balaban J connectivity index is 1.60. The molecule has 8 heteroatoms. The Hall–Kier alpha value is -4.38. The fraction of sp³-hybridized carbons (Fsp3) is 0.167. The van der Waals surface area contributed by atoms with Gasteiger partial charge in [0, 0.05) is 23.2 Å². The van der Waals surface area contributed by atoms with Gasteiger partial charge >= 0.3 is 11.6 Å². The van der Waals surface area contributed by atoms with Gasteiger partial charge in [0.25, 0.3) is 0 Å². The van der Waals surface area contributed by atoms with Gasteiger partial charge in [0.15, 0.2) is 6.61 Å². The number of hydrogen-bond donors (Lipinski definition) is 1. The van der Waals surface area contributed by atoms with Crippen molar-refractivity contribution in [3.05, 3.63) is 86.9 Å². The number of ketones is 1. The van der Waals surface area contributed by atoms with Crippen molar-refractivity contribution < 1.29 is 23.5 Å². The monoisotopic (exact) mass is 432 g/mol. The third-order valence-corrected chi connectivity index (χ3v) is 4.64. The Morgan fingerprint density at radius 1 is 1.12 bits per heavy atom. The summed E-state index contributed by atoms with van der Waals surface area (Å²) in [6.07, 6.45) is 0. The largest absolute Gasteiger partial charge is 0.489 e. The standard InChI is InChI=1S/C24H20N2O6/c1-14-9-23(28)32-22-10-18(7-8-19(14)22)30-12-16-3-5-17(6-4-16)24(29)31-13-21(27)20(11-25)15(2)26/h3-10H,12-13,26H2,1-2H3/b20-15-. The Bertz CT molecular complexity index is 1310. The molecule has 3 aromatic rings. The molecule has 2 aromatic carbocycles. The van der Waals surface area contributed by atoms with Gasteiger partial charge in [-0.15, -0.1) is 0 Å². The van der Waals surface area contributed by atoms with Crippen LogP contribution in [0.2, 0.25) is 0 Å². The SMILES string of the molecule is C/C(N)=C(\C#N)C(=O)COC(=O)c1ccc(COc2ccc3c(C)cc(=O)oc3c2)cc1. The van der Waals surface area contributed by atoms with Gasteiger partial charge in [-0.05, 0) is 49.2 Å². The van der Waals surface area contributed by atoms with Crippen molar-refractivity contribution >= 4 is 22.7 Å². The lowest BCUT2D eigenvalue weighted by atomic mass is 10.1. The molecule has 0 aliphatic rings. The first-order valence-electron chi connectivity index (χ1n) is 9.61. The lowest BCUT2D eigenvalue weighted by Gasteiger charge is -2.09. The minimum Gasteiger partial charge on any atom is -0.489 e. The lowest BCUT2D eigenvalue weighted by Crippen LogP contribution is -2.17. The van der Waals surface area contributed by atoms with Crippen molar-refractivity contribution in [2.45, 2.75) is 20.5 Å². The van der Waals surface area contributed by atoms with E-state index in [-0.39, 0.29) is 23.4 Å². The summed E-state index contributed by atoms with van der Waals surface area (Å²) in [5, 5.41) is 9.74. The topological polar surface area (TPSA) is 133 Å². The Morgan fingerprint density at radius 3 is 2.50 bits per heavy atom. The molecule has 2 N–H and O–H groups in total. The summed E-state index contributed by atoms with van der Waals surface area (Å²) in [6, 6.07) is 14.9. The van der Waals surface area contributed by atoms with Crippen LogP contribution in [0.1, 0.15) is 28.4 Å². The molecule has 0 aliphatic carbocycles. The number of hydrogen-bond acceptors (Lipinski definition) is 8. The number of ether oxygens (including phenoxy) is 2. The highest BCUT2D eigenvalue weighted by Crippen LogP contribution is 2.23. The van der Waals surface area contributed by atoms with Crippen LogP contribution in [0.15, 0.2) is 69.0 Å². The van der Waals surface area contributed by atoms with Crippen molar-refractivity contribution in [1.29, 1.82) is 5.26 Å². The van der Waals surface area contributed by atoms with Crippen molar-refractivity contribution in [3.8, 4) is 11.8 Å². The third-order valence-electron chi connectivity index (χ3n) is 4.64. The number of aryl methyl sites for hydroxylation is 1. The first-order valence-corrected chi connectivity index (χ1v) is 9.61. The number of nitriles is 1. The zero-order valence-corrected chi connectivity index (χ0v) is 17.5. The number of nitrogens with zero attached hydrogens (tertiary/aromatic N) is 1. The molecule has 0 saturated carbocycles. The van der Waals surface area contributed by atoms with Gasteiger partial charge in [-0.25, -0.2) is 9.59 Å². The van der Waals surface area contributed by atoms with Gasteiger partial charge in [-0.1, -0.05) is 12.1 Å². The fourth-order valence-corrected chi connectivity index (χ4v) is 2.96. The molecule has 1 aromatic heterocycles. The van der Waals surface area contributed by atoms with Crippen molar-refractivity contribution in [2.75, 3.05) is 6.61 Å². The van der Waals surface area contributed by atoms with E-state index in [0.29, 0.717) is 11.3 Å². The van der Waals surface area contributed by atoms with Gasteiger partial charge in [0.05, 0.1) is 5.56 Å². The van der Waals surface area contributed by atoms with Gasteiger partial charge in [0.1, 0.15) is 29.6 Å². The predicted octanol–water partition coefficient (Wildman–Crippen LogP) is 3.16. The summed E-state index contributed by atoms with van der Waals surface area (Å²) >= 11 is 0. The number of carbonyl (C=O) groups is 2. The molecule has 8 nitrogen and oxygen atoms in total. The quantitative estimate of drug-likeness (QED) is 0.261. The number of Topliss-reactive ketones (excluding diaryl/α,β-unsaturated/α-hetero) is 1. The molecule has 162 valence electrons. The van der Waals surface area contributed by atoms with Crippen molar-refractivity contribution in [3.63, 3.8) is 0 Å². The molecule has 32 heavy (non-hydrogen) atoms. The number of allylic oxidation sites excluding steroid dienone is 1. The molecule has 0 radical (unpaired) electrons. The first-order chi connectivity index (χ1) is 15.3. The fourth-order valence-electron chi connectivity index (χ4n) is 2.96. The van der Waals surface area contributed by atoms with Crippen LogP contribution < -0.4 is 16.1 Å². The second-order valence-electron chi connectivity index (χ2n) is 7.06. The maximum atomic E-state index is 12.1. The van der Waals surface area contributed by atoms with Crippen LogP contribution >= 0.6 is 0 Å². The third kappa shape index (κ3) is 5.21. The van der Waals surface area contributed by atoms with E-state index < -0.39 is 24.0 Å². The van der Waals surface area contributed by atoms with E-state index in [1.54, 1.807) is 42.5 Å². The molecule has 0 unspecified atom stereocenters. The minimum absolute atomic E-state index is 0.0709. The van der Waals surface area contributed by atoms with E-state index in [1.807, 2.05) is 13.0 Å². The predicted molar refractivity (Wildman–Crippen MR) is 116 cm³/mol. The molecule has 0 atom stereocenters. The molecule has 0 spiro atoms. The lowest BCUT2D eigenvalue weighted by molar-refractivity contribution is -0.118. The van der Waals surface area contributed by atoms with E-state index in [2.05, 4.69) is 0 Å². The molecular formula is C24H20N2O6. The number of nitrogens with two attached hydrogens (primary N) is 1. The minimum atomic E-state index is -0.697. The number of carbonyl (C=O) groups excluding carboxylic acids is 2. The second-order valence-corrected chi connectivity index (χ2v) is 7.06. The van der Waals surface area contributed by atoms with Crippen LogP contribution in [0.4, 0.5) is 0 Å². The van der Waals surface area contributed by atoms with E-state index in [1.165, 1.54) is 13.0 Å². The Morgan fingerprint density at radius 2 is 1.84 bits per heavy atom. The number of fused-ring (bicyclic) bond motifs is 1. The molecular weight excluding hydrogens is 412 g/mol. The van der Waals surface area contributed by atoms with E-state index in [9.17, 15) is 14.4 Å². The zero-order chi connectivity index (χ0) is 23.3. The summed E-state index contributed by atoms with van der Waals surface area (Å²) < 4.78 is 15.9. The molecule has 3 rings (SSSR count). The van der Waals surface area contributed by atoms with Gasteiger partial charge < -0.3 is 19.6 Å². The van der Waals surface area contributed by atoms with Crippen LogP contribution in [-0.2, 0) is 16.1 Å². The molecule has 0 bridgehead atoms. The van der Waals surface area contributed by atoms with Crippen molar-refractivity contribution in [2.24, 2.45) is 5.73 Å². The summed E-state index contributed by atoms with van der Waals surface area (Å²) in [6.45, 7) is 2.91. The number of benzene rings is 2. The molecule has 1 heterocycles. The highest BCUT2D eigenvalue weighted by atomic mass is 16.5. The van der Waals surface area contributed by atoms with E-state index >= 15 is 0 Å².